The topological polar surface area (TPSA) is 317 Å². The second-order valence-electron chi connectivity index (χ2n) is 22.4. The van der Waals surface area contributed by atoms with Crippen molar-refractivity contribution in [1.82, 2.24) is 31.2 Å². The number of anilines is 2. The van der Waals surface area contributed by atoms with Crippen LogP contribution in [0.4, 0.5) is 44.2 Å². The van der Waals surface area contributed by atoms with Crippen LogP contribution in [0.5, 0.6) is 5.75 Å². The van der Waals surface area contributed by atoms with Crippen LogP contribution in [-0.4, -0.2) is 107 Å². The van der Waals surface area contributed by atoms with Gasteiger partial charge in [0, 0.05) is 80.3 Å². The smallest absolute Gasteiger partial charge is 0.407 e. The second kappa shape index (κ2) is 32.0. The van der Waals surface area contributed by atoms with Gasteiger partial charge in [-0.3, -0.25) is 33.8 Å². The summed E-state index contributed by atoms with van der Waals surface area (Å²) in [6.45, 7) is 14.6. The molecule has 470 valence electrons. The van der Waals surface area contributed by atoms with Gasteiger partial charge in [0.15, 0.2) is 11.6 Å². The molecular formula is C61H77F4N11O11. The number of nitrogens with two attached hydrogens (primary N) is 2. The van der Waals surface area contributed by atoms with E-state index in [1.807, 2.05) is 18.7 Å². The fourth-order valence-electron chi connectivity index (χ4n) is 8.74. The number of halogens is 4. The molecule has 8 amide bonds. The third-order valence-corrected chi connectivity index (χ3v) is 13.7. The lowest BCUT2D eigenvalue weighted by Gasteiger charge is -2.29. The SMILES string of the molecule is CCCN(CCC)C(=O)C1=Cc2ccc(C(=O)Nc3cncc(CNC(=O)OCc4ccc(NC(=O)[C@H](CCCNC(N)=O)NC(=O)[C@@H](NC(=O)CCC(C)(C)OCCC(C)(C)C(=O)Oc5c(F)c(F)cc(F)c5F)C(C)C)cc4)c3)cc2N=C(N)C1. The van der Waals surface area contributed by atoms with Crippen molar-refractivity contribution in [2.75, 3.05) is 36.9 Å². The highest BCUT2D eigenvalue weighted by Gasteiger charge is 2.35. The fourth-order valence-corrected chi connectivity index (χ4v) is 8.74. The van der Waals surface area contributed by atoms with Gasteiger partial charge in [-0.1, -0.05) is 45.9 Å². The maximum Gasteiger partial charge on any atom is 0.407 e. The minimum Gasteiger partial charge on any atom is -0.445 e. The summed E-state index contributed by atoms with van der Waals surface area (Å²) in [6, 6.07) is 9.87. The van der Waals surface area contributed by atoms with Gasteiger partial charge in [-0.2, -0.15) is 8.78 Å². The normalized spacial score (nSPS) is 12.9. The average Bonchev–Trinajstić information content (AvgIpc) is 2.43. The van der Waals surface area contributed by atoms with Gasteiger partial charge < -0.3 is 62.5 Å². The Bertz CT molecular complexity index is 3180. The third-order valence-electron chi connectivity index (χ3n) is 13.7. The molecule has 87 heavy (non-hydrogen) atoms. The van der Waals surface area contributed by atoms with Crippen LogP contribution in [0.1, 0.15) is 134 Å². The number of aliphatic imine (C=N–C) groups is 1. The lowest BCUT2D eigenvalue weighted by atomic mass is 9.89. The number of nitrogens with zero attached hydrogens (tertiary/aromatic N) is 3. The van der Waals surface area contributed by atoms with Gasteiger partial charge in [-0.25, -0.2) is 23.4 Å². The van der Waals surface area contributed by atoms with Crippen molar-refractivity contribution in [1.29, 1.82) is 0 Å². The van der Waals surface area contributed by atoms with Crippen LogP contribution < -0.4 is 48.1 Å². The van der Waals surface area contributed by atoms with Crippen molar-refractivity contribution in [3.8, 4) is 5.75 Å². The number of hydrogen-bond donors (Lipinski definition) is 8. The maximum absolute atomic E-state index is 14.2. The number of rotatable bonds is 30. The fraction of sp³-hybridized carbons (Fsp3) is 0.443. The molecule has 26 heteroatoms. The molecule has 5 rings (SSSR count). The van der Waals surface area contributed by atoms with E-state index in [0.29, 0.717) is 52.4 Å². The summed E-state index contributed by atoms with van der Waals surface area (Å²) >= 11 is 0. The summed E-state index contributed by atoms with van der Waals surface area (Å²) in [5.41, 5.74) is 12.7. The first-order chi connectivity index (χ1) is 41.1. The molecule has 2 heterocycles. The van der Waals surface area contributed by atoms with Gasteiger partial charge in [0.25, 0.3) is 5.91 Å². The predicted octanol–water partition coefficient (Wildman–Crippen LogP) is 8.35. The zero-order valence-electron chi connectivity index (χ0n) is 50.1. The van der Waals surface area contributed by atoms with Gasteiger partial charge >= 0.3 is 18.1 Å². The number of carbonyl (C=O) groups is 8. The van der Waals surface area contributed by atoms with Crippen LogP contribution in [-0.2, 0) is 46.6 Å². The van der Waals surface area contributed by atoms with E-state index in [4.69, 9.17) is 25.7 Å². The van der Waals surface area contributed by atoms with E-state index in [1.165, 1.54) is 26.2 Å². The number of primary amides is 1. The summed E-state index contributed by atoms with van der Waals surface area (Å²) in [5, 5.41) is 16.1. The zero-order valence-corrected chi connectivity index (χ0v) is 50.1. The van der Waals surface area contributed by atoms with Crippen LogP contribution in [0.2, 0.25) is 0 Å². The van der Waals surface area contributed by atoms with E-state index in [1.54, 1.807) is 82.3 Å². The summed E-state index contributed by atoms with van der Waals surface area (Å²) in [7, 11) is 0. The van der Waals surface area contributed by atoms with Crippen molar-refractivity contribution in [3.63, 3.8) is 0 Å². The van der Waals surface area contributed by atoms with Crippen molar-refractivity contribution in [2.24, 2.45) is 27.8 Å². The molecule has 1 aliphatic heterocycles. The van der Waals surface area contributed by atoms with E-state index in [0.717, 1.165) is 12.8 Å². The lowest BCUT2D eigenvalue weighted by molar-refractivity contribution is -0.146. The Morgan fingerprint density at radius 2 is 1.46 bits per heavy atom. The number of carbonyl (C=O) groups excluding carboxylic acids is 8. The molecule has 0 saturated heterocycles. The molecule has 0 fully saturated rings. The van der Waals surface area contributed by atoms with Gasteiger partial charge in [0.05, 0.1) is 28.6 Å². The standard InChI is InChI=1S/C61H77F4N11O11/c1-9-23-76(24-10-2)56(81)40-27-38-15-16-39(28-46(38)73-47(66)29-40)53(78)72-42-26-37(31-68-33-42)32-70-59(84)85-34-36-13-17-41(18-14-36)71-54(79)45(12-11-22-69-58(67)83)74-55(80)51(35(3)4)75-48(77)19-20-61(7,8)86-25-21-60(5,6)57(82)87-52-49(64)43(62)30-44(63)50(52)65/h13-18,26-28,30-31,33,35,45,51H,9-12,19-25,29,32,34H2,1-8H3,(H2,66,73)(H,70,84)(H,71,79)(H,72,78)(H,74,80)(H,75,77)(H3,67,69,83)/t45-,51-/m0/s1. The molecule has 2 atom stereocenters. The number of fused-ring (bicyclic) bond motifs is 1. The highest BCUT2D eigenvalue weighted by molar-refractivity contribution is 6.08. The van der Waals surface area contributed by atoms with E-state index in [2.05, 4.69) is 41.9 Å². The molecule has 0 unspecified atom stereocenters. The quantitative estimate of drug-likeness (QED) is 0.00801. The summed E-state index contributed by atoms with van der Waals surface area (Å²) in [4.78, 5) is 115. The van der Waals surface area contributed by atoms with Crippen LogP contribution in [0.3, 0.4) is 0 Å². The van der Waals surface area contributed by atoms with E-state index < -0.39 is 99.8 Å². The lowest BCUT2D eigenvalue weighted by Crippen LogP contribution is -2.54. The molecule has 10 N–H and O–H groups in total. The number of pyridine rings is 1. The van der Waals surface area contributed by atoms with Crippen molar-refractivity contribution < 1.29 is 70.1 Å². The number of alkyl carbamates (subject to hydrolysis) is 1. The molecule has 1 aromatic heterocycles. The Morgan fingerprint density at radius 1 is 0.782 bits per heavy atom. The Hall–Kier alpha value is -8.94. The molecule has 0 radical (unpaired) electrons. The average molecular weight is 1220 g/mol. The Balaban J connectivity index is 1.09. The monoisotopic (exact) mass is 1220 g/mol. The van der Waals surface area contributed by atoms with Gasteiger partial charge in [-0.05, 0) is 120 Å². The van der Waals surface area contributed by atoms with Crippen LogP contribution >= 0.6 is 0 Å². The molecule has 22 nitrogen and oxygen atoms in total. The summed E-state index contributed by atoms with van der Waals surface area (Å²) < 4.78 is 71.7. The number of amides is 8. The third kappa shape index (κ3) is 21.2. The second-order valence-corrected chi connectivity index (χ2v) is 22.4. The van der Waals surface area contributed by atoms with Crippen LogP contribution in [0.25, 0.3) is 6.08 Å². The number of urea groups is 1. The number of benzene rings is 3. The molecule has 0 saturated carbocycles. The van der Waals surface area contributed by atoms with E-state index in [9.17, 15) is 55.9 Å². The first kappa shape index (κ1) is 68.8. The minimum absolute atomic E-state index is 0.000641. The highest BCUT2D eigenvalue weighted by Crippen LogP contribution is 2.32. The molecule has 1 aliphatic rings. The Labute approximate surface area is 502 Å². The van der Waals surface area contributed by atoms with E-state index >= 15 is 0 Å². The largest absolute Gasteiger partial charge is 0.445 e. The molecule has 0 spiro atoms. The maximum atomic E-state index is 14.2. The van der Waals surface area contributed by atoms with Gasteiger partial charge in [-0.15, -0.1) is 0 Å². The number of esters is 1. The van der Waals surface area contributed by atoms with Crippen LogP contribution in [0, 0.1) is 34.6 Å². The van der Waals surface area contributed by atoms with E-state index in [-0.39, 0.29) is 88.2 Å². The molecule has 0 aliphatic carbocycles. The summed E-state index contributed by atoms with van der Waals surface area (Å²) in [6.07, 6.45) is 5.99. The number of nitrogens with one attached hydrogen (secondary N) is 6. The van der Waals surface area contributed by atoms with Crippen LogP contribution in [0.15, 0.2) is 77.6 Å². The number of aromatic nitrogens is 1. The van der Waals surface area contributed by atoms with Crippen molar-refractivity contribution in [3.05, 3.63) is 118 Å². The molecule has 4 aromatic rings. The Kier molecular flexibility index (Phi) is 25.3. The molecule has 3 aromatic carbocycles. The highest BCUT2D eigenvalue weighted by atomic mass is 19.2. The van der Waals surface area contributed by atoms with Crippen molar-refractivity contribution in [2.45, 2.75) is 138 Å². The first-order valence-electron chi connectivity index (χ1n) is 28.4. The molecule has 0 bridgehead atoms. The zero-order chi connectivity index (χ0) is 64.2. The van der Waals surface area contributed by atoms with Gasteiger partial charge in [0.1, 0.15) is 24.5 Å². The number of hydrogen-bond acceptors (Lipinski definition) is 14. The number of ether oxygens (including phenoxy) is 3. The van der Waals surface area contributed by atoms with Crippen molar-refractivity contribution >= 4 is 76.6 Å². The summed E-state index contributed by atoms with van der Waals surface area (Å²) in [5.74, 6) is -12.5. The van der Waals surface area contributed by atoms with Gasteiger partial charge in [0.2, 0.25) is 41.0 Å². The Morgan fingerprint density at radius 3 is 2.10 bits per heavy atom. The minimum atomic E-state index is -1.86. The molecular weight excluding hydrogens is 1140 g/mol. The predicted molar refractivity (Wildman–Crippen MR) is 317 cm³/mol. The number of amidine groups is 1. The first-order valence-corrected chi connectivity index (χ1v) is 28.4.